The molecule has 2 aliphatic heterocycles. The lowest BCUT2D eigenvalue weighted by molar-refractivity contribution is -0.113. The SMILES string of the molecule is Cc1ccc(N2CCN(C3=NC(=O)C(=Cc4cccc5ccccc45)S3)CC2)cc1. The summed E-state index contributed by atoms with van der Waals surface area (Å²) in [5, 5.41) is 3.16. The number of fused-ring (bicyclic) bond motifs is 1. The molecule has 0 N–H and O–H groups in total. The number of amides is 1. The molecule has 3 aromatic rings. The summed E-state index contributed by atoms with van der Waals surface area (Å²) in [6.07, 6.45) is 1.98. The van der Waals surface area contributed by atoms with E-state index in [4.69, 9.17) is 0 Å². The molecule has 2 aliphatic rings. The van der Waals surface area contributed by atoms with E-state index in [1.165, 1.54) is 28.4 Å². The zero-order valence-corrected chi connectivity index (χ0v) is 17.7. The van der Waals surface area contributed by atoms with Crippen molar-refractivity contribution in [2.45, 2.75) is 6.92 Å². The molecule has 0 aromatic heterocycles. The Morgan fingerprint density at radius 1 is 0.867 bits per heavy atom. The molecule has 5 rings (SSSR count). The fraction of sp³-hybridized carbons (Fsp3) is 0.200. The number of benzene rings is 3. The second-order valence-electron chi connectivity index (χ2n) is 7.69. The number of nitrogens with zero attached hydrogens (tertiary/aromatic N) is 3. The molecule has 1 amide bonds. The van der Waals surface area contributed by atoms with E-state index in [1.807, 2.05) is 24.3 Å². The second kappa shape index (κ2) is 8.00. The maximum atomic E-state index is 12.6. The number of amidine groups is 1. The Hall–Kier alpha value is -3.05. The number of carbonyl (C=O) groups excluding carboxylic acids is 1. The third-order valence-corrected chi connectivity index (χ3v) is 6.71. The van der Waals surface area contributed by atoms with Gasteiger partial charge in [-0.3, -0.25) is 4.79 Å². The summed E-state index contributed by atoms with van der Waals surface area (Å²) in [6.45, 7) is 5.71. The summed E-state index contributed by atoms with van der Waals surface area (Å²) in [6, 6.07) is 23.1. The van der Waals surface area contributed by atoms with Crippen LogP contribution < -0.4 is 4.90 Å². The highest BCUT2D eigenvalue weighted by molar-refractivity contribution is 8.18. The number of thioether (sulfide) groups is 1. The van der Waals surface area contributed by atoms with E-state index < -0.39 is 0 Å². The van der Waals surface area contributed by atoms with E-state index in [2.05, 4.69) is 70.2 Å². The van der Waals surface area contributed by atoms with Crippen molar-refractivity contribution < 1.29 is 4.79 Å². The van der Waals surface area contributed by atoms with E-state index in [1.54, 1.807) is 0 Å². The van der Waals surface area contributed by atoms with Gasteiger partial charge in [0.1, 0.15) is 0 Å². The Kier molecular flexibility index (Phi) is 5.05. The number of piperazine rings is 1. The van der Waals surface area contributed by atoms with Gasteiger partial charge in [0.2, 0.25) is 0 Å². The third-order valence-electron chi connectivity index (χ3n) is 5.67. The van der Waals surface area contributed by atoms with Crippen LogP contribution in [0.5, 0.6) is 0 Å². The number of carbonyl (C=O) groups is 1. The van der Waals surface area contributed by atoms with Crippen LogP contribution in [0.1, 0.15) is 11.1 Å². The summed E-state index contributed by atoms with van der Waals surface area (Å²) in [5.74, 6) is -0.135. The molecule has 0 aliphatic carbocycles. The molecule has 0 unspecified atom stereocenters. The van der Waals surface area contributed by atoms with Crippen LogP contribution in [0.2, 0.25) is 0 Å². The number of anilines is 1. The van der Waals surface area contributed by atoms with Gasteiger partial charge in [0.25, 0.3) is 5.91 Å². The van der Waals surface area contributed by atoms with Crippen LogP contribution in [-0.2, 0) is 4.79 Å². The van der Waals surface area contributed by atoms with Gasteiger partial charge in [0.15, 0.2) is 5.17 Å². The normalized spacial score (nSPS) is 18.4. The lowest BCUT2D eigenvalue weighted by atomic mass is 10.0. The van der Waals surface area contributed by atoms with E-state index in [0.717, 1.165) is 42.3 Å². The van der Waals surface area contributed by atoms with Crippen LogP contribution in [0.4, 0.5) is 5.69 Å². The van der Waals surface area contributed by atoms with Crippen LogP contribution in [0, 0.1) is 6.92 Å². The van der Waals surface area contributed by atoms with Crippen LogP contribution >= 0.6 is 11.8 Å². The Morgan fingerprint density at radius 2 is 1.57 bits per heavy atom. The highest BCUT2D eigenvalue weighted by Crippen LogP contribution is 2.32. The molecule has 0 spiro atoms. The first kappa shape index (κ1) is 18.9. The van der Waals surface area contributed by atoms with Crippen LogP contribution in [0.25, 0.3) is 16.8 Å². The van der Waals surface area contributed by atoms with Crippen molar-refractivity contribution >= 4 is 45.4 Å². The minimum absolute atomic E-state index is 0.135. The van der Waals surface area contributed by atoms with E-state index in [9.17, 15) is 4.79 Å². The lowest BCUT2D eigenvalue weighted by Crippen LogP contribution is -2.47. The molecule has 0 saturated carbocycles. The van der Waals surface area contributed by atoms with Crippen molar-refractivity contribution in [1.82, 2.24) is 4.90 Å². The summed E-state index contributed by atoms with van der Waals surface area (Å²) in [7, 11) is 0. The minimum atomic E-state index is -0.135. The van der Waals surface area contributed by atoms with Gasteiger partial charge in [-0.25, -0.2) is 0 Å². The lowest BCUT2D eigenvalue weighted by Gasteiger charge is -2.36. The average molecular weight is 414 g/mol. The molecule has 0 bridgehead atoms. The Bertz CT molecular complexity index is 1150. The van der Waals surface area contributed by atoms with Gasteiger partial charge in [-0.15, -0.1) is 0 Å². The van der Waals surface area contributed by atoms with Crippen LogP contribution in [-0.4, -0.2) is 42.2 Å². The minimum Gasteiger partial charge on any atom is -0.368 e. The number of hydrogen-bond acceptors (Lipinski definition) is 4. The van der Waals surface area contributed by atoms with Crippen LogP contribution in [0.15, 0.2) is 76.6 Å². The Balaban J connectivity index is 1.29. The standard InChI is InChI=1S/C25H23N3OS/c1-18-9-11-21(12-10-18)27-13-15-28(16-14-27)25-26-24(29)23(30-25)17-20-7-4-6-19-5-2-3-8-22(19)20/h2-12,17H,13-16H2,1H3. The van der Waals surface area contributed by atoms with E-state index in [0.29, 0.717) is 4.91 Å². The highest BCUT2D eigenvalue weighted by Gasteiger charge is 2.28. The topological polar surface area (TPSA) is 35.9 Å². The van der Waals surface area contributed by atoms with Crippen molar-refractivity contribution in [3.8, 4) is 0 Å². The first-order chi connectivity index (χ1) is 14.7. The maximum absolute atomic E-state index is 12.6. The summed E-state index contributed by atoms with van der Waals surface area (Å²) < 4.78 is 0. The molecule has 1 saturated heterocycles. The van der Waals surface area contributed by atoms with Gasteiger partial charge >= 0.3 is 0 Å². The first-order valence-corrected chi connectivity index (χ1v) is 11.1. The van der Waals surface area contributed by atoms with Gasteiger partial charge in [0, 0.05) is 31.9 Å². The molecular formula is C25H23N3OS. The highest BCUT2D eigenvalue weighted by atomic mass is 32.2. The van der Waals surface area contributed by atoms with Crippen molar-refractivity contribution in [1.29, 1.82) is 0 Å². The third kappa shape index (κ3) is 3.73. The monoisotopic (exact) mass is 413 g/mol. The molecular weight excluding hydrogens is 390 g/mol. The average Bonchev–Trinajstić information content (AvgIpc) is 3.15. The molecule has 4 nitrogen and oxygen atoms in total. The fourth-order valence-electron chi connectivity index (χ4n) is 3.96. The summed E-state index contributed by atoms with van der Waals surface area (Å²) in [4.78, 5) is 22.3. The molecule has 2 heterocycles. The first-order valence-electron chi connectivity index (χ1n) is 10.2. The molecule has 150 valence electrons. The second-order valence-corrected chi connectivity index (χ2v) is 8.70. The van der Waals surface area contributed by atoms with Gasteiger partial charge < -0.3 is 9.80 Å². The number of hydrogen-bond donors (Lipinski definition) is 0. The largest absolute Gasteiger partial charge is 0.368 e. The van der Waals surface area contributed by atoms with Crippen molar-refractivity contribution in [2.75, 3.05) is 31.1 Å². The van der Waals surface area contributed by atoms with Gasteiger partial charge in [-0.1, -0.05) is 60.2 Å². The van der Waals surface area contributed by atoms with Crippen molar-refractivity contribution in [3.05, 3.63) is 82.8 Å². The summed E-state index contributed by atoms with van der Waals surface area (Å²) in [5.41, 5.74) is 3.59. The van der Waals surface area contributed by atoms with Gasteiger partial charge in [-0.05, 0) is 53.2 Å². The van der Waals surface area contributed by atoms with Gasteiger partial charge in [-0.2, -0.15) is 4.99 Å². The maximum Gasteiger partial charge on any atom is 0.286 e. The number of rotatable bonds is 2. The Labute approximate surface area is 180 Å². The number of aliphatic imine (C=N–C) groups is 1. The fourth-order valence-corrected chi connectivity index (χ4v) is 4.92. The van der Waals surface area contributed by atoms with E-state index >= 15 is 0 Å². The smallest absolute Gasteiger partial charge is 0.286 e. The predicted octanol–water partition coefficient (Wildman–Crippen LogP) is 4.94. The Morgan fingerprint density at radius 3 is 2.37 bits per heavy atom. The predicted molar refractivity (Wildman–Crippen MR) is 127 cm³/mol. The number of aryl methyl sites for hydroxylation is 1. The van der Waals surface area contributed by atoms with Gasteiger partial charge in [0.05, 0.1) is 4.91 Å². The van der Waals surface area contributed by atoms with Crippen LogP contribution in [0.3, 0.4) is 0 Å². The summed E-state index contributed by atoms with van der Waals surface area (Å²) >= 11 is 1.50. The van der Waals surface area contributed by atoms with E-state index in [-0.39, 0.29) is 5.91 Å². The van der Waals surface area contributed by atoms with Crippen molar-refractivity contribution in [3.63, 3.8) is 0 Å². The quantitative estimate of drug-likeness (QED) is 0.558. The molecule has 5 heteroatoms. The molecule has 0 radical (unpaired) electrons. The molecule has 30 heavy (non-hydrogen) atoms. The molecule has 1 fully saturated rings. The zero-order chi connectivity index (χ0) is 20.5. The van der Waals surface area contributed by atoms with Crippen molar-refractivity contribution in [2.24, 2.45) is 4.99 Å². The molecule has 3 aromatic carbocycles. The zero-order valence-electron chi connectivity index (χ0n) is 16.9. The molecule has 0 atom stereocenters.